The molecule has 0 fully saturated rings. The zero-order chi connectivity index (χ0) is 14.0. The molecule has 2 aromatic rings. The molecular formula is C15H15ClN2O. The predicted molar refractivity (Wildman–Crippen MR) is 77.9 cm³/mol. The maximum absolute atomic E-state index is 12.2. The number of amides is 1. The van der Waals surface area contributed by atoms with Crippen molar-refractivity contribution in [1.29, 1.82) is 0 Å². The molecule has 1 aromatic heterocycles. The summed E-state index contributed by atoms with van der Waals surface area (Å²) in [5.41, 5.74) is 4.15. The molecule has 0 aliphatic rings. The summed E-state index contributed by atoms with van der Waals surface area (Å²) in [6.07, 6.45) is 0. The number of aromatic nitrogens is 1. The van der Waals surface area contributed by atoms with E-state index in [1.165, 1.54) is 0 Å². The smallest absolute Gasteiger partial charge is 0.255 e. The highest BCUT2D eigenvalue weighted by molar-refractivity contribution is 6.29. The van der Waals surface area contributed by atoms with Gasteiger partial charge < -0.3 is 5.32 Å². The number of nitrogens with zero attached hydrogens (tertiary/aromatic N) is 1. The van der Waals surface area contributed by atoms with E-state index in [4.69, 9.17) is 11.6 Å². The van der Waals surface area contributed by atoms with Crippen LogP contribution in [-0.2, 0) is 0 Å². The number of carbonyl (C=O) groups excluding carboxylic acids is 1. The minimum atomic E-state index is -0.140. The van der Waals surface area contributed by atoms with Gasteiger partial charge in [-0.15, -0.1) is 0 Å². The van der Waals surface area contributed by atoms with E-state index in [-0.39, 0.29) is 5.91 Å². The molecule has 0 saturated carbocycles. The third-order valence-corrected chi connectivity index (χ3v) is 2.99. The first kappa shape index (κ1) is 13.6. The summed E-state index contributed by atoms with van der Waals surface area (Å²) in [7, 11) is 0. The highest BCUT2D eigenvalue weighted by atomic mass is 35.5. The first-order valence-electron chi connectivity index (χ1n) is 5.98. The van der Waals surface area contributed by atoms with Crippen LogP contribution < -0.4 is 5.32 Å². The molecule has 0 spiro atoms. The van der Waals surface area contributed by atoms with Gasteiger partial charge in [-0.3, -0.25) is 4.79 Å². The number of hydrogen-bond donors (Lipinski definition) is 1. The van der Waals surface area contributed by atoms with Crippen LogP contribution in [0, 0.1) is 20.8 Å². The van der Waals surface area contributed by atoms with Crippen molar-refractivity contribution in [2.45, 2.75) is 20.8 Å². The lowest BCUT2D eigenvalue weighted by Crippen LogP contribution is -2.13. The Kier molecular flexibility index (Phi) is 3.86. The Labute approximate surface area is 117 Å². The largest absolute Gasteiger partial charge is 0.320 e. The highest BCUT2D eigenvalue weighted by Gasteiger charge is 2.09. The van der Waals surface area contributed by atoms with Gasteiger partial charge in [0.2, 0.25) is 0 Å². The quantitative estimate of drug-likeness (QED) is 0.844. The molecule has 0 aliphatic carbocycles. The Hall–Kier alpha value is -1.87. The zero-order valence-corrected chi connectivity index (χ0v) is 11.9. The summed E-state index contributed by atoms with van der Waals surface area (Å²) in [6.45, 7) is 5.75. The number of pyridine rings is 1. The minimum absolute atomic E-state index is 0.140. The number of nitrogens with one attached hydrogen (secondary N) is 1. The van der Waals surface area contributed by atoms with Gasteiger partial charge in [-0.1, -0.05) is 28.8 Å². The van der Waals surface area contributed by atoms with Crippen molar-refractivity contribution in [1.82, 2.24) is 4.98 Å². The lowest BCUT2D eigenvalue weighted by molar-refractivity contribution is 0.102. The van der Waals surface area contributed by atoms with Crippen LogP contribution in [0.25, 0.3) is 0 Å². The van der Waals surface area contributed by atoms with Crippen molar-refractivity contribution in [2.24, 2.45) is 0 Å². The average Bonchev–Trinajstić information content (AvgIpc) is 2.31. The van der Waals surface area contributed by atoms with Crippen molar-refractivity contribution in [3.63, 3.8) is 0 Å². The van der Waals surface area contributed by atoms with E-state index in [9.17, 15) is 4.79 Å². The second-order valence-corrected chi connectivity index (χ2v) is 4.98. The van der Waals surface area contributed by atoms with Gasteiger partial charge in [0.25, 0.3) is 5.91 Å². The van der Waals surface area contributed by atoms with Crippen molar-refractivity contribution < 1.29 is 4.79 Å². The van der Waals surface area contributed by atoms with Crippen LogP contribution in [0.3, 0.4) is 0 Å². The molecule has 0 unspecified atom stereocenters. The molecule has 4 heteroatoms. The molecule has 1 heterocycles. The second kappa shape index (κ2) is 5.41. The molecule has 0 radical (unpaired) electrons. The molecule has 19 heavy (non-hydrogen) atoms. The van der Waals surface area contributed by atoms with Gasteiger partial charge in [-0.05, 0) is 45.0 Å². The number of benzene rings is 1. The summed E-state index contributed by atoms with van der Waals surface area (Å²) < 4.78 is 0. The standard InChI is InChI=1S/C15H15ClN2O/c1-9-6-10(2)8-12(7-9)15(19)18-13-4-5-14(16)17-11(13)3/h4-8H,1-3H3,(H,18,19). The molecule has 2 rings (SSSR count). The first-order chi connectivity index (χ1) is 8.95. The summed E-state index contributed by atoms with van der Waals surface area (Å²) in [6, 6.07) is 9.17. The van der Waals surface area contributed by atoms with Gasteiger partial charge in [0.05, 0.1) is 11.4 Å². The predicted octanol–water partition coefficient (Wildman–Crippen LogP) is 3.91. The fourth-order valence-corrected chi connectivity index (χ4v) is 2.15. The van der Waals surface area contributed by atoms with Crippen molar-refractivity contribution in [3.8, 4) is 0 Å². The van der Waals surface area contributed by atoms with Crippen LogP contribution in [0.1, 0.15) is 27.2 Å². The van der Waals surface area contributed by atoms with Gasteiger partial charge in [-0.2, -0.15) is 0 Å². The van der Waals surface area contributed by atoms with Gasteiger partial charge in [0.15, 0.2) is 0 Å². The van der Waals surface area contributed by atoms with Crippen LogP contribution in [-0.4, -0.2) is 10.9 Å². The molecule has 1 aromatic carbocycles. The van der Waals surface area contributed by atoms with Crippen LogP contribution in [0.4, 0.5) is 5.69 Å². The third-order valence-electron chi connectivity index (χ3n) is 2.78. The van der Waals surface area contributed by atoms with Gasteiger partial charge in [-0.25, -0.2) is 4.98 Å². The molecule has 0 aliphatic heterocycles. The van der Waals surface area contributed by atoms with Gasteiger partial charge in [0.1, 0.15) is 5.15 Å². The number of aryl methyl sites for hydroxylation is 3. The SMILES string of the molecule is Cc1cc(C)cc(C(=O)Nc2ccc(Cl)nc2C)c1. The molecule has 0 bridgehead atoms. The number of anilines is 1. The fraction of sp³-hybridized carbons (Fsp3) is 0.200. The molecule has 1 N–H and O–H groups in total. The third kappa shape index (κ3) is 3.32. The van der Waals surface area contributed by atoms with E-state index in [2.05, 4.69) is 10.3 Å². The lowest BCUT2D eigenvalue weighted by atomic mass is 10.1. The number of carbonyl (C=O) groups is 1. The monoisotopic (exact) mass is 274 g/mol. The molecular weight excluding hydrogens is 260 g/mol. The van der Waals surface area contributed by atoms with E-state index in [1.54, 1.807) is 12.1 Å². The first-order valence-corrected chi connectivity index (χ1v) is 6.36. The van der Waals surface area contributed by atoms with Crippen molar-refractivity contribution in [3.05, 3.63) is 57.9 Å². The molecule has 98 valence electrons. The van der Waals surface area contributed by atoms with E-state index in [1.807, 2.05) is 39.0 Å². The Morgan fingerprint density at radius 3 is 2.32 bits per heavy atom. The van der Waals surface area contributed by atoms with Crippen LogP contribution >= 0.6 is 11.6 Å². The Morgan fingerprint density at radius 1 is 1.11 bits per heavy atom. The molecule has 3 nitrogen and oxygen atoms in total. The van der Waals surface area contributed by atoms with E-state index in [0.29, 0.717) is 22.1 Å². The van der Waals surface area contributed by atoms with E-state index < -0.39 is 0 Å². The summed E-state index contributed by atoms with van der Waals surface area (Å²) >= 11 is 5.79. The maximum atomic E-state index is 12.2. The maximum Gasteiger partial charge on any atom is 0.255 e. The summed E-state index contributed by atoms with van der Waals surface area (Å²) in [5, 5.41) is 3.27. The molecule has 0 saturated heterocycles. The van der Waals surface area contributed by atoms with Crippen LogP contribution in [0.2, 0.25) is 5.15 Å². The molecule has 0 atom stereocenters. The lowest BCUT2D eigenvalue weighted by Gasteiger charge is -2.09. The number of rotatable bonds is 2. The normalized spacial score (nSPS) is 10.3. The summed E-state index contributed by atoms with van der Waals surface area (Å²) in [4.78, 5) is 16.3. The average molecular weight is 275 g/mol. The zero-order valence-electron chi connectivity index (χ0n) is 11.1. The fourth-order valence-electron chi connectivity index (χ4n) is 1.96. The van der Waals surface area contributed by atoms with Gasteiger partial charge in [0, 0.05) is 5.56 Å². The van der Waals surface area contributed by atoms with Gasteiger partial charge >= 0.3 is 0 Å². The second-order valence-electron chi connectivity index (χ2n) is 4.60. The highest BCUT2D eigenvalue weighted by Crippen LogP contribution is 2.17. The Morgan fingerprint density at radius 2 is 1.74 bits per heavy atom. The number of hydrogen-bond acceptors (Lipinski definition) is 2. The van der Waals surface area contributed by atoms with Crippen molar-refractivity contribution >= 4 is 23.2 Å². The Balaban J connectivity index is 2.25. The van der Waals surface area contributed by atoms with Crippen LogP contribution in [0.15, 0.2) is 30.3 Å². The topological polar surface area (TPSA) is 42.0 Å². The Bertz CT molecular complexity index is 618. The van der Waals surface area contributed by atoms with Crippen LogP contribution in [0.5, 0.6) is 0 Å². The minimum Gasteiger partial charge on any atom is -0.320 e. The molecule has 1 amide bonds. The van der Waals surface area contributed by atoms with E-state index >= 15 is 0 Å². The van der Waals surface area contributed by atoms with E-state index in [0.717, 1.165) is 11.1 Å². The summed E-state index contributed by atoms with van der Waals surface area (Å²) in [5.74, 6) is -0.140. The number of halogens is 1. The van der Waals surface area contributed by atoms with Crippen molar-refractivity contribution in [2.75, 3.05) is 5.32 Å².